The molecule has 2 amide bonds. The highest BCUT2D eigenvalue weighted by atomic mass is 16.2. The van der Waals surface area contributed by atoms with Crippen LogP contribution in [0.25, 0.3) is 0 Å². The second kappa shape index (κ2) is 5.98. The molecule has 0 aromatic rings. The van der Waals surface area contributed by atoms with Crippen LogP contribution in [0.5, 0.6) is 0 Å². The smallest absolute Gasteiger partial charge is 0.246 e. The minimum atomic E-state index is -0.401. The van der Waals surface area contributed by atoms with E-state index < -0.39 is 6.04 Å². The van der Waals surface area contributed by atoms with E-state index in [0.717, 1.165) is 6.54 Å². The van der Waals surface area contributed by atoms with Gasteiger partial charge in [-0.05, 0) is 30.1 Å². The van der Waals surface area contributed by atoms with Gasteiger partial charge in [-0.25, -0.2) is 0 Å². The third-order valence-corrected chi connectivity index (χ3v) is 4.85. The third-order valence-electron chi connectivity index (χ3n) is 4.85. The average molecular weight is 294 g/mol. The van der Waals surface area contributed by atoms with Crippen molar-refractivity contribution in [3.63, 3.8) is 0 Å². The molecular formula is C17H30N2O2. The molecule has 0 aromatic heterocycles. The fourth-order valence-electron chi connectivity index (χ4n) is 3.66. The first kappa shape index (κ1) is 16.3. The van der Waals surface area contributed by atoms with Gasteiger partial charge in [0.15, 0.2) is 0 Å². The monoisotopic (exact) mass is 294 g/mol. The summed E-state index contributed by atoms with van der Waals surface area (Å²) < 4.78 is 0. The molecule has 2 unspecified atom stereocenters. The molecule has 1 saturated carbocycles. The van der Waals surface area contributed by atoms with E-state index in [1.54, 1.807) is 0 Å². The highest BCUT2D eigenvalue weighted by molar-refractivity contribution is 5.97. The van der Waals surface area contributed by atoms with E-state index in [1.165, 1.54) is 25.7 Å². The van der Waals surface area contributed by atoms with Gasteiger partial charge < -0.3 is 10.2 Å². The summed E-state index contributed by atoms with van der Waals surface area (Å²) in [5, 5.41) is 2.96. The summed E-state index contributed by atoms with van der Waals surface area (Å²) in [7, 11) is 0. The fraction of sp³-hybridized carbons (Fsp3) is 0.882. The molecule has 0 spiro atoms. The highest BCUT2D eigenvalue weighted by Gasteiger charge is 2.46. The SMILES string of the molecule is CC(C)C1C(=O)NC(C(C)(C)C)C(=O)N1CC1CCCC1. The molecule has 1 aliphatic carbocycles. The van der Waals surface area contributed by atoms with E-state index in [1.807, 2.05) is 39.5 Å². The summed E-state index contributed by atoms with van der Waals surface area (Å²) >= 11 is 0. The Balaban J connectivity index is 2.23. The zero-order valence-corrected chi connectivity index (χ0v) is 14.1. The van der Waals surface area contributed by atoms with Gasteiger partial charge in [-0.2, -0.15) is 0 Å². The molecular weight excluding hydrogens is 264 g/mol. The van der Waals surface area contributed by atoms with Crippen LogP contribution in [-0.4, -0.2) is 35.3 Å². The van der Waals surface area contributed by atoms with Crippen LogP contribution in [0.1, 0.15) is 60.3 Å². The van der Waals surface area contributed by atoms with Crippen LogP contribution < -0.4 is 5.32 Å². The third kappa shape index (κ3) is 3.41. The fourth-order valence-corrected chi connectivity index (χ4v) is 3.66. The van der Waals surface area contributed by atoms with Crippen molar-refractivity contribution in [1.29, 1.82) is 0 Å². The van der Waals surface area contributed by atoms with Crippen molar-refractivity contribution in [1.82, 2.24) is 10.2 Å². The van der Waals surface area contributed by atoms with Gasteiger partial charge in [-0.3, -0.25) is 9.59 Å². The Morgan fingerprint density at radius 2 is 1.76 bits per heavy atom. The second-order valence-corrected chi connectivity index (χ2v) is 8.14. The standard InChI is InChI=1S/C17H30N2O2/c1-11(2)13-15(20)18-14(17(3,4)5)16(21)19(13)10-12-8-6-7-9-12/h11-14H,6-10H2,1-5H3,(H,18,20). The Kier molecular flexibility index (Phi) is 4.64. The maximum absolute atomic E-state index is 12.9. The molecule has 120 valence electrons. The lowest BCUT2D eigenvalue weighted by Gasteiger charge is -2.45. The van der Waals surface area contributed by atoms with Crippen molar-refractivity contribution < 1.29 is 9.59 Å². The van der Waals surface area contributed by atoms with Crippen LogP contribution in [0, 0.1) is 17.3 Å². The van der Waals surface area contributed by atoms with E-state index in [0.29, 0.717) is 5.92 Å². The van der Waals surface area contributed by atoms with Gasteiger partial charge in [0.25, 0.3) is 0 Å². The molecule has 2 rings (SSSR count). The van der Waals surface area contributed by atoms with Crippen molar-refractivity contribution in [2.45, 2.75) is 72.4 Å². The molecule has 1 heterocycles. The van der Waals surface area contributed by atoms with Crippen molar-refractivity contribution in [2.24, 2.45) is 17.3 Å². The Morgan fingerprint density at radius 1 is 1.19 bits per heavy atom. The van der Waals surface area contributed by atoms with Gasteiger partial charge in [0.2, 0.25) is 11.8 Å². The van der Waals surface area contributed by atoms with Gasteiger partial charge in [0, 0.05) is 6.54 Å². The van der Waals surface area contributed by atoms with Crippen LogP contribution in [0.2, 0.25) is 0 Å². The molecule has 0 bridgehead atoms. The number of carbonyl (C=O) groups is 2. The van der Waals surface area contributed by atoms with E-state index in [-0.39, 0.29) is 29.2 Å². The number of hydrogen-bond donors (Lipinski definition) is 1. The molecule has 2 atom stereocenters. The maximum atomic E-state index is 12.9. The van der Waals surface area contributed by atoms with Gasteiger partial charge in [-0.1, -0.05) is 47.5 Å². The molecule has 0 radical (unpaired) electrons. The molecule has 1 N–H and O–H groups in total. The second-order valence-electron chi connectivity index (χ2n) is 8.14. The summed E-state index contributed by atoms with van der Waals surface area (Å²) in [5.74, 6) is 0.841. The van der Waals surface area contributed by atoms with Crippen molar-refractivity contribution in [3.8, 4) is 0 Å². The van der Waals surface area contributed by atoms with Crippen molar-refractivity contribution in [2.75, 3.05) is 6.54 Å². The number of rotatable bonds is 3. The van der Waals surface area contributed by atoms with Crippen LogP contribution in [0.3, 0.4) is 0 Å². The first-order valence-corrected chi connectivity index (χ1v) is 8.32. The van der Waals surface area contributed by atoms with Gasteiger partial charge in [0.1, 0.15) is 12.1 Å². The van der Waals surface area contributed by atoms with Crippen LogP contribution in [0.15, 0.2) is 0 Å². The van der Waals surface area contributed by atoms with Gasteiger partial charge in [0.05, 0.1) is 0 Å². The van der Waals surface area contributed by atoms with E-state index in [9.17, 15) is 9.59 Å². The first-order chi connectivity index (χ1) is 9.71. The topological polar surface area (TPSA) is 49.4 Å². The summed E-state index contributed by atoms with van der Waals surface area (Å²) in [6, 6.07) is -0.710. The first-order valence-electron chi connectivity index (χ1n) is 8.32. The van der Waals surface area contributed by atoms with Gasteiger partial charge >= 0.3 is 0 Å². The number of amides is 2. The molecule has 4 heteroatoms. The highest BCUT2D eigenvalue weighted by Crippen LogP contribution is 2.31. The number of nitrogens with one attached hydrogen (secondary N) is 1. The number of nitrogens with zero attached hydrogens (tertiary/aromatic N) is 1. The van der Waals surface area contributed by atoms with E-state index in [2.05, 4.69) is 5.32 Å². The molecule has 21 heavy (non-hydrogen) atoms. The summed E-state index contributed by atoms with van der Waals surface area (Å²) in [6.07, 6.45) is 4.90. The zero-order valence-electron chi connectivity index (χ0n) is 14.1. The Labute approximate surface area is 128 Å². The minimum absolute atomic E-state index is 0.0162. The van der Waals surface area contributed by atoms with Crippen LogP contribution in [-0.2, 0) is 9.59 Å². The summed E-state index contributed by atoms with van der Waals surface area (Å²) in [5.41, 5.74) is -0.247. The molecule has 1 aliphatic heterocycles. The molecule has 4 nitrogen and oxygen atoms in total. The Morgan fingerprint density at radius 3 is 2.24 bits per heavy atom. The molecule has 1 saturated heterocycles. The molecule has 0 aromatic carbocycles. The van der Waals surface area contributed by atoms with Crippen LogP contribution >= 0.6 is 0 Å². The van der Waals surface area contributed by atoms with Crippen molar-refractivity contribution in [3.05, 3.63) is 0 Å². The quantitative estimate of drug-likeness (QED) is 0.869. The average Bonchev–Trinajstić information content (AvgIpc) is 2.84. The lowest BCUT2D eigenvalue weighted by Crippen LogP contribution is -2.68. The van der Waals surface area contributed by atoms with E-state index >= 15 is 0 Å². The predicted molar refractivity (Wildman–Crippen MR) is 83.7 cm³/mol. The van der Waals surface area contributed by atoms with E-state index in [4.69, 9.17) is 0 Å². The predicted octanol–water partition coefficient (Wildman–Crippen LogP) is 2.57. The zero-order chi connectivity index (χ0) is 15.8. The normalized spacial score (nSPS) is 28.4. The maximum Gasteiger partial charge on any atom is 0.246 e. The largest absolute Gasteiger partial charge is 0.342 e. The lowest BCUT2D eigenvalue weighted by atomic mass is 9.82. The number of carbonyl (C=O) groups excluding carboxylic acids is 2. The summed E-state index contributed by atoms with van der Waals surface area (Å²) in [6.45, 7) is 10.8. The van der Waals surface area contributed by atoms with Gasteiger partial charge in [-0.15, -0.1) is 0 Å². The number of piperazine rings is 1. The minimum Gasteiger partial charge on any atom is -0.342 e. The van der Waals surface area contributed by atoms with Crippen molar-refractivity contribution >= 4 is 11.8 Å². The number of hydrogen-bond acceptors (Lipinski definition) is 2. The Hall–Kier alpha value is -1.06. The molecule has 2 fully saturated rings. The molecule has 2 aliphatic rings. The van der Waals surface area contributed by atoms with Crippen LogP contribution in [0.4, 0.5) is 0 Å². The summed E-state index contributed by atoms with van der Waals surface area (Å²) in [4.78, 5) is 27.3. The lowest BCUT2D eigenvalue weighted by molar-refractivity contribution is -0.155. The Bertz CT molecular complexity index is 406.